The number of nitrogens with zero attached hydrogens (tertiary/aromatic N) is 1. The summed E-state index contributed by atoms with van der Waals surface area (Å²) in [6, 6.07) is 0. The minimum absolute atomic E-state index is 0.0507. The fourth-order valence-corrected chi connectivity index (χ4v) is 2.01. The summed E-state index contributed by atoms with van der Waals surface area (Å²) in [5, 5.41) is 3.04. The number of fused-ring (bicyclic) bond motifs is 1. The van der Waals surface area contributed by atoms with Crippen LogP contribution in [0.4, 0.5) is 10.1 Å². The van der Waals surface area contributed by atoms with E-state index < -0.39 is 5.82 Å². The summed E-state index contributed by atoms with van der Waals surface area (Å²) in [6.07, 6.45) is 4.78. The van der Waals surface area contributed by atoms with E-state index in [1.165, 1.54) is 6.20 Å². The zero-order valence-corrected chi connectivity index (χ0v) is 10.3. The number of H-pyrrole nitrogens is 1. The topological polar surface area (TPSA) is 57.8 Å². The zero-order valence-electron chi connectivity index (χ0n) is 8.76. The molecular formula is C11H9BrFN3O. The average Bonchev–Trinajstić information content (AvgIpc) is 3.08. The molecular weight excluding hydrogens is 289 g/mol. The van der Waals surface area contributed by atoms with Gasteiger partial charge in [0.15, 0.2) is 5.82 Å². The Morgan fingerprint density at radius 2 is 2.35 bits per heavy atom. The Hall–Kier alpha value is -1.43. The lowest BCUT2D eigenvalue weighted by Crippen LogP contribution is -2.13. The van der Waals surface area contributed by atoms with Crippen molar-refractivity contribution in [1.29, 1.82) is 0 Å². The second-order valence-electron chi connectivity index (χ2n) is 4.11. The smallest absolute Gasteiger partial charge is 0.227 e. The normalized spacial score (nSPS) is 15.2. The fourth-order valence-electron chi connectivity index (χ4n) is 1.71. The largest absolute Gasteiger partial charge is 0.344 e. The van der Waals surface area contributed by atoms with Gasteiger partial charge in [0.2, 0.25) is 5.91 Å². The van der Waals surface area contributed by atoms with E-state index in [0.717, 1.165) is 12.8 Å². The summed E-state index contributed by atoms with van der Waals surface area (Å²) in [4.78, 5) is 18.5. The standard InChI is InChI=1S/C11H9BrFN3O/c12-6-3-14-10-8(9(6)13)7(4-15-10)16-11(17)5-1-2-5/h3-5H,1-2H2,(H,14,15)(H,16,17). The molecule has 1 amide bonds. The van der Waals surface area contributed by atoms with Crippen LogP contribution in [0.5, 0.6) is 0 Å². The van der Waals surface area contributed by atoms with E-state index in [4.69, 9.17) is 0 Å². The molecule has 0 saturated heterocycles. The summed E-state index contributed by atoms with van der Waals surface area (Å²) in [6.45, 7) is 0. The van der Waals surface area contributed by atoms with Gasteiger partial charge >= 0.3 is 0 Å². The number of hydrogen-bond donors (Lipinski definition) is 2. The molecule has 0 aromatic carbocycles. The SMILES string of the molecule is O=C(Nc1c[nH]c2ncc(Br)c(F)c12)C1CC1. The highest BCUT2D eigenvalue weighted by Gasteiger charge is 2.30. The molecule has 0 bridgehead atoms. The third kappa shape index (κ3) is 1.82. The first-order valence-electron chi connectivity index (χ1n) is 5.29. The van der Waals surface area contributed by atoms with Gasteiger partial charge in [-0.15, -0.1) is 0 Å². The molecule has 1 fully saturated rings. The molecule has 0 spiro atoms. The van der Waals surface area contributed by atoms with Gasteiger partial charge < -0.3 is 10.3 Å². The minimum Gasteiger partial charge on any atom is -0.344 e. The van der Waals surface area contributed by atoms with E-state index in [2.05, 4.69) is 31.2 Å². The summed E-state index contributed by atoms with van der Waals surface area (Å²) >= 11 is 3.08. The van der Waals surface area contributed by atoms with Crippen molar-refractivity contribution < 1.29 is 9.18 Å². The number of rotatable bonds is 2. The summed E-state index contributed by atoms with van der Waals surface area (Å²) in [7, 11) is 0. The Balaban J connectivity index is 2.04. The van der Waals surface area contributed by atoms with Crippen molar-refractivity contribution in [3.8, 4) is 0 Å². The van der Waals surface area contributed by atoms with Crippen LogP contribution in [-0.4, -0.2) is 15.9 Å². The first kappa shape index (κ1) is 10.7. The van der Waals surface area contributed by atoms with Crippen LogP contribution in [0.25, 0.3) is 11.0 Å². The number of hydrogen-bond acceptors (Lipinski definition) is 2. The average molecular weight is 298 g/mol. The summed E-state index contributed by atoms with van der Waals surface area (Å²) in [5.74, 6) is -0.379. The number of halogens is 2. The second kappa shape index (κ2) is 3.80. The van der Waals surface area contributed by atoms with Crippen LogP contribution < -0.4 is 5.32 Å². The molecule has 2 aromatic heterocycles. The molecule has 2 aromatic rings. The number of aromatic nitrogens is 2. The van der Waals surface area contributed by atoms with Crippen molar-refractivity contribution in [3.05, 3.63) is 22.7 Å². The molecule has 17 heavy (non-hydrogen) atoms. The highest BCUT2D eigenvalue weighted by molar-refractivity contribution is 9.10. The lowest BCUT2D eigenvalue weighted by Gasteiger charge is -2.03. The van der Waals surface area contributed by atoms with E-state index in [-0.39, 0.29) is 16.3 Å². The van der Waals surface area contributed by atoms with Gasteiger partial charge in [-0.1, -0.05) is 0 Å². The molecule has 1 saturated carbocycles. The van der Waals surface area contributed by atoms with Crippen molar-refractivity contribution in [3.63, 3.8) is 0 Å². The summed E-state index contributed by atoms with van der Waals surface area (Å²) < 4.78 is 14.2. The van der Waals surface area contributed by atoms with Crippen LogP contribution in [0.3, 0.4) is 0 Å². The zero-order chi connectivity index (χ0) is 12.0. The maximum Gasteiger partial charge on any atom is 0.227 e. The number of carbonyl (C=O) groups excluding carboxylic acids is 1. The molecule has 88 valence electrons. The van der Waals surface area contributed by atoms with Gasteiger partial charge in [-0.05, 0) is 28.8 Å². The van der Waals surface area contributed by atoms with E-state index in [0.29, 0.717) is 16.7 Å². The van der Waals surface area contributed by atoms with Crippen LogP contribution in [-0.2, 0) is 4.79 Å². The molecule has 1 aliphatic carbocycles. The number of anilines is 1. The predicted molar refractivity (Wildman–Crippen MR) is 65.1 cm³/mol. The van der Waals surface area contributed by atoms with E-state index in [1.807, 2.05) is 0 Å². The maximum absolute atomic E-state index is 13.9. The first-order chi connectivity index (χ1) is 8.16. The maximum atomic E-state index is 13.9. The van der Waals surface area contributed by atoms with Gasteiger partial charge in [0.05, 0.1) is 15.5 Å². The lowest BCUT2D eigenvalue weighted by molar-refractivity contribution is -0.117. The van der Waals surface area contributed by atoms with Gasteiger partial charge in [-0.2, -0.15) is 0 Å². The molecule has 1 aliphatic rings. The third-order valence-corrected chi connectivity index (χ3v) is 3.35. The summed E-state index contributed by atoms with van der Waals surface area (Å²) in [5.41, 5.74) is 0.875. The Bertz CT molecular complexity index is 606. The molecule has 0 atom stereocenters. The highest BCUT2D eigenvalue weighted by atomic mass is 79.9. The predicted octanol–water partition coefficient (Wildman–Crippen LogP) is 2.81. The van der Waals surface area contributed by atoms with Crippen molar-refractivity contribution in [1.82, 2.24) is 9.97 Å². The molecule has 2 heterocycles. The van der Waals surface area contributed by atoms with Crippen molar-refractivity contribution >= 4 is 38.6 Å². The van der Waals surface area contributed by atoms with Gasteiger partial charge in [-0.25, -0.2) is 9.37 Å². The third-order valence-electron chi connectivity index (χ3n) is 2.80. The second-order valence-corrected chi connectivity index (χ2v) is 4.96. The molecule has 6 heteroatoms. The highest BCUT2D eigenvalue weighted by Crippen LogP contribution is 2.33. The first-order valence-corrected chi connectivity index (χ1v) is 6.08. The van der Waals surface area contributed by atoms with Crippen LogP contribution in [0.2, 0.25) is 0 Å². The molecule has 3 rings (SSSR count). The number of pyridine rings is 1. The number of nitrogens with one attached hydrogen (secondary N) is 2. The Kier molecular flexibility index (Phi) is 2.39. The van der Waals surface area contributed by atoms with Crippen LogP contribution in [0.15, 0.2) is 16.9 Å². The van der Waals surface area contributed by atoms with E-state index in [1.54, 1.807) is 6.20 Å². The quantitative estimate of drug-likeness (QED) is 0.895. The fraction of sp³-hybridized carbons (Fsp3) is 0.273. The van der Waals surface area contributed by atoms with Crippen LogP contribution in [0, 0.1) is 11.7 Å². The Morgan fingerprint density at radius 3 is 3.06 bits per heavy atom. The van der Waals surface area contributed by atoms with Gasteiger partial charge in [-0.3, -0.25) is 4.79 Å². The Labute approximate surface area is 105 Å². The molecule has 4 nitrogen and oxygen atoms in total. The van der Waals surface area contributed by atoms with Crippen molar-refractivity contribution in [2.24, 2.45) is 5.92 Å². The van der Waals surface area contributed by atoms with E-state index >= 15 is 0 Å². The van der Waals surface area contributed by atoms with Crippen LogP contribution in [0.1, 0.15) is 12.8 Å². The van der Waals surface area contributed by atoms with Crippen molar-refractivity contribution in [2.75, 3.05) is 5.32 Å². The molecule has 2 N–H and O–H groups in total. The van der Waals surface area contributed by atoms with Gasteiger partial charge in [0.1, 0.15) is 5.65 Å². The number of carbonyl (C=O) groups is 1. The van der Waals surface area contributed by atoms with Gasteiger partial charge in [0, 0.05) is 18.3 Å². The lowest BCUT2D eigenvalue weighted by atomic mass is 10.3. The van der Waals surface area contributed by atoms with Crippen LogP contribution >= 0.6 is 15.9 Å². The number of amides is 1. The molecule has 0 radical (unpaired) electrons. The minimum atomic E-state index is -0.414. The number of aromatic amines is 1. The molecule has 0 unspecified atom stereocenters. The van der Waals surface area contributed by atoms with Gasteiger partial charge in [0.25, 0.3) is 0 Å². The monoisotopic (exact) mass is 297 g/mol. The molecule has 0 aliphatic heterocycles. The van der Waals surface area contributed by atoms with E-state index in [9.17, 15) is 9.18 Å². The Morgan fingerprint density at radius 1 is 1.59 bits per heavy atom. The van der Waals surface area contributed by atoms with Crippen molar-refractivity contribution in [2.45, 2.75) is 12.8 Å².